The Bertz CT molecular complexity index is 570. The van der Waals surface area contributed by atoms with Crippen LogP contribution in [0.1, 0.15) is 19.3 Å². The van der Waals surface area contributed by atoms with Crippen LogP contribution in [-0.4, -0.2) is 49.4 Å². The van der Waals surface area contributed by atoms with Crippen molar-refractivity contribution in [2.24, 2.45) is 5.92 Å². The zero-order valence-corrected chi connectivity index (χ0v) is 13.1. The lowest BCUT2D eigenvalue weighted by molar-refractivity contribution is -0.132. The van der Waals surface area contributed by atoms with Gasteiger partial charge in [0, 0.05) is 25.3 Å². The maximum absolute atomic E-state index is 13.0. The molecule has 2 amide bonds. The SMILES string of the molecule is O=C(NCCN1CCCC1)[C@H]1CCN(c2ccc(F)cc2)C1=O. The predicted octanol–water partition coefficient (Wildman–Crippen LogP) is 1.39. The summed E-state index contributed by atoms with van der Waals surface area (Å²) >= 11 is 0. The van der Waals surface area contributed by atoms with Crippen molar-refractivity contribution < 1.29 is 14.0 Å². The van der Waals surface area contributed by atoms with E-state index in [1.807, 2.05) is 0 Å². The maximum atomic E-state index is 13.0. The molecular weight excluding hydrogens is 297 g/mol. The molecule has 2 aliphatic rings. The minimum Gasteiger partial charge on any atom is -0.354 e. The Labute approximate surface area is 135 Å². The first-order valence-electron chi connectivity index (χ1n) is 8.22. The lowest BCUT2D eigenvalue weighted by Gasteiger charge is -2.18. The lowest BCUT2D eigenvalue weighted by atomic mass is 10.1. The molecule has 1 aromatic carbocycles. The van der Waals surface area contributed by atoms with Crippen molar-refractivity contribution in [1.82, 2.24) is 10.2 Å². The number of nitrogens with zero attached hydrogens (tertiary/aromatic N) is 2. The smallest absolute Gasteiger partial charge is 0.239 e. The van der Waals surface area contributed by atoms with Crippen molar-refractivity contribution in [3.05, 3.63) is 30.1 Å². The number of carbonyl (C=O) groups is 2. The quantitative estimate of drug-likeness (QED) is 0.835. The molecule has 0 spiro atoms. The lowest BCUT2D eigenvalue weighted by Crippen LogP contribution is -2.40. The summed E-state index contributed by atoms with van der Waals surface area (Å²) in [5, 5.41) is 2.87. The molecule has 2 aliphatic heterocycles. The highest BCUT2D eigenvalue weighted by molar-refractivity contribution is 6.09. The molecule has 2 fully saturated rings. The largest absolute Gasteiger partial charge is 0.354 e. The van der Waals surface area contributed by atoms with Crippen molar-refractivity contribution in [2.45, 2.75) is 19.3 Å². The predicted molar refractivity (Wildman–Crippen MR) is 85.5 cm³/mol. The molecule has 124 valence electrons. The van der Waals surface area contributed by atoms with Gasteiger partial charge in [-0.15, -0.1) is 0 Å². The Morgan fingerprint density at radius 2 is 1.87 bits per heavy atom. The number of nitrogens with one attached hydrogen (secondary N) is 1. The zero-order chi connectivity index (χ0) is 16.2. The van der Waals surface area contributed by atoms with E-state index in [2.05, 4.69) is 10.2 Å². The monoisotopic (exact) mass is 319 g/mol. The fourth-order valence-corrected chi connectivity index (χ4v) is 3.27. The maximum Gasteiger partial charge on any atom is 0.239 e. The molecule has 1 atom stereocenters. The van der Waals surface area contributed by atoms with Gasteiger partial charge in [-0.05, 0) is 56.6 Å². The van der Waals surface area contributed by atoms with E-state index in [1.54, 1.807) is 17.0 Å². The van der Waals surface area contributed by atoms with Gasteiger partial charge in [-0.3, -0.25) is 9.59 Å². The minimum atomic E-state index is -0.626. The molecule has 6 heteroatoms. The van der Waals surface area contributed by atoms with Crippen LogP contribution in [0.25, 0.3) is 0 Å². The molecule has 1 aromatic rings. The minimum absolute atomic E-state index is 0.196. The molecule has 0 saturated carbocycles. The van der Waals surface area contributed by atoms with Crippen LogP contribution in [0, 0.1) is 11.7 Å². The Hall–Kier alpha value is -1.95. The summed E-state index contributed by atoms with van der Waals surface area (Å²) in [6.45, 7) is 4.11. The Morgan fingerprint density at radius 3 is 2.57 bits per heavy atom. The summed E-state index contributed by atoms with van der Waals surface area (Å²) in [6.07, 6.45) is 2.95. The highest BCUT2D eigenvalue weighted by Gasteiger charge is 2.37. The van der Waals surface area contributed by atoms with Crippen molar-refractivity contribution in [2.75, 3.05) is 37.6 Å². The molecule has 1 N–H and O–H groups in total. The number of hydrogen-bond acceptors (Lipinski definition) is 3. The van der Waals surface area contributed by atoms with Gasteiger partial charge in [0.25, 0.3) is 0 Å². The van der Waals surface area contributed by atoms with E-state index < -0.39 is 5.92 Å². The standard InChI is InChI=1S/C17H22FN3O2/c18-13-3-5-14(6-4-13)21-11-7-15(17(21)23)16(22)19-8-12-20-9-1-2-10-20/h3-6,15H,1-2,7-12H2,(H,19,22)/t15-/m1/s1. The number of halogens is 1. The molecule has 2 saturated heterocycles. The van der Waals surface area contributed by atoms with Crippen LogP contribution in [0.5, 0.6) is 0 Å². The van der Waals surface area contributed by atoms with Gasteiger partial charge in [-0.2, -0.15) is 0 Å². The zero-order valence-electron chi connectivity index (χ0n) is 13.1. The molecule has 5 nitrogen and oxygen atoms in total. The van der Waals surface area contributed by atoms with Crippen LogP contribution in [0.15, 0.2) is 24.3 Å². The fraction of sp³-hybridized carbons (Fsp3) is 0.529. The topological polar surface area (TPSA) is 52.7 Å². The molecule has 2 heterocycles. The van der Waals surface area contributed by atoms with Gasteiger partial charge >= 0.3 is 0 Å². The summed E-state index contributed by atoms with van der Waals surface area (Å²) in [6, 6.07) is 5.79. The van der Waals surface area contributed by atoms with E-state index in [0.717, 1.165) is 19.6 Å². The average Bonchev–Trinajstić information content (AvgIpc) is 3.18. The van der Waals surface area contributed by atoms with Crippen LogP contribution in [0.2, 0.25) is 0 Å². The highest BCUT2D eigenvalue weighted by atomic mass is 19.1. The molecule has 0 unspecified atom stereocenters. The average molecular weight is 319 g/mol. The second-order valence-corrected chi connectivity index (χ2v) is 6.15. The second-order valence-electron chi connectivity index (χ2n) is 6.15. The number of rotatable bonds is 5. The van der Waals surface area contributed by atoms with Gasteiger partial charge < -0.3 is 15.1 Å². The van der Waals surface area contributed by atoms with Gasteiger partial charge in [0.2, 0.25) is 11.8 Å². The van der Waals surface area contributed by atoms with Crippen molar-refractivity contribution in [3.63, 3.8) is 0 Å². The van der Waals surface area contributed by atoms with E-state index in [4.69, 9.17) is 0 Å². The molecule has 3 rings (SSSR count). The molecule has 0 aliphatic carbocycles. The van der Waals surface area contributed by atoms with E-state index in [9.17, 15) is 14.0 Å². The molecule has 23 heavy (non-hydrogen) atoms. The van der Waals surface area contributed by atoms with Crippen LogP contribution >= 0.6 is 0 Å². The van der Waals surface area contributed by atoms with E-state index in [0.29, 0.717) is 25.2 Å². The number of amides is 2. The van der Waals surface area contributed by atoms with Crippen molar-refractivity contribution in [1.29, 1.82) is 0 Å². The second kappa shape index (κ2) is 7.08. The summed E-state index contributed by atoms with van der Waals surface area (Å²) < 4.78 is 13.0. The third kappa shape index (κ3) is 3.69. The number of benzene rings is 1. The van der Waals surface area contributed by atoms with Gasteiger partial charge in [-0.25, -0.2) is 4.39 Å². The van der Waals surface area contributed by atoms with Crippen LogP contribution in [-0.2, 0) is 9.59 Å². The van der Waals surface area contributed by atoms with E-state index in [1.165, 1.54) is 25.0 Å². The third-order valence-corrected chi connectivity index (χ3v) is 4.59. The summed E-state index contributed by atoms with van der Waals surface area (Å²) in [5.74, 6) is -1.36. The first-order chi connectivity index (χ1) is 11.1. The molecule has 0 aromatic heterocycles. The Kier molecular flexibility index (Phi) is 4.91. The van der Waals surface area contributed by atoms with Gasteiger partial charge in [0.1, 0.15) is 11.7 Å². The number of carbonyl (C=O) groups excluding carboxylic acids is 2. The Balaban J connectivity index is 1.51. The van der Waals surface area contributed by atoms with Crippen molar-refractivity contribution >= 4 is 17.5 Å². The number of hydrogen-bond donors (Lipinski definition) is 1. The normalized spacial score (nSPS) is 21.9. The van der Waals surface area contributed by atoms with E-state index >= 15 is 0 Å². The molecule has 0 radical (unpaired) electrons. The van der Waals surface area contributed by atoms with Crippen LogP contribution < -0.4 is 10.2 Å². The van der Waals surface area contributed by atoms with E-state index in [-0.39, 0.29) is 17.6 Å². The summed E-state index contributed by atoms with van der Waals surface area (Å²) in [5.41, 5.74) is 0.642. The van der Waals surface area contributed by atoms with Gasteiger partial charge in [-0.1, -0.05) is 0 Å². The van der Waals surface area contributed by atoms with Gasteiger partial charge in [0.15, 0.2) is 0 Å². The molecular formula is C17H22FN3O2. The highest BCUT2D eigenvalue weighted by Crippen LogP contribution is 2.25. The summed E-state index contributed by atoms with van der Waals surface area (Å²) in [7, 11) is 0. The first-order valence-corrected chi connectivity index (χ1v) is 8.22. The number of anilines is 1. The summed E-state index contributed by atoms with van der Waals surface area (Å²) in [4.78, 5) is 28.5. The number of likely N-dealkylation sites (tertiary alicyclic amines) is 1. The first kappa shape index (κ1) is 15.9. The van der Waals surface area contributed by atoms with Gasteiger partial charge in [0.05, 0.1) is 0 Å². The molecule has 0 bridgehead atoms. The van der Waals surface area contributed by atoms with Crippen molar-refractivity contribution in [3.8, 4) is 0 Å². The Morgan fingerprint density at radius 1 is 1.17 bits per heavy atom. The van der Waals surface area contributed by atoms with Crippen LogP contribution in [0.4, 0.5) is 10.1 Å². The third-order valence-electron chi connectivity index (χ3n) is 4.59. The fourth-order valence-electron chi connectivity index (χ4n) is 3.27. The van der Waals surface area contributed by atoms with Crippen LogP contribution in [0.3, 0.4) is 0 Å².